The van der Waals surface area contributed by atoms with Gasteiger partial charge in [0.1, 0.15) is 13.2 Å². The highest BCUT2D eigenvalue weighted by molar-refractivity contribution is 5.71. The van der Waals surface area contributed by atoms with Gasteiger partial charge in [-0.1, -0.05) is 265 Å². The van der Waals surface area contributed by atoms with Gasteiger partial charge in [-0.15, -0.1) is 0 Å². The van der Waals surface area contributed by atoms with E-state index in [1.54, 1.807) is 0 Å². The lowest BCUT2D eigenvalue weighted by Gasteiger charge is -2.18. The number of esters is 3. The average molecular weight is 849 g/mol. The van der Waals surface area contributed by atoms with Crippen molar-refractivity contribution in [1.29, 1.82) is 0 Å². The maximum Gasteiger partial charge on any atom is 0.306 e. The average Bonchev–Trinajstić information content (AvgIpc) is 3.23. The summed E-state index contributed by atoms with van der Waals surface area (Å²) in [5.41, 5.74) is 0. The van der Waals surface area contributed by atoms with Crippen molar-refractivity contribution in [1.82, 2.24) is 0 Å². The molecule has 0 radical (unpaired) electrons. The molecule has 0 rings (SSSR count). The van der Waals surface area contributed by atoms with E-state index in [-0.39, 0.29) is 31.1 Å². The predicted molar refractivity (Wildman–Crippen MR) is 257 cm³/mol. The van der Waals surface area contributed by atoms with Crippen molar-refractivity contribution in [3.8, 4) is 0 Å². The summed E-state index contributed by atoms with van der Waals surface area (Å²) in [6.45, 7) is 9.00. The van der Waals surface area contributed by atoms with E-state index in [4.69, 9.17) is 14.2 Å². The molecular weight excluding hydrogens is 745 g/mol. The maximum atomic E-state index is 12.8. The largest absolute Gasteiger partial charge is 0.462 e. The summed E-state index contributed by atoms with van der Waals surface area (Å²) in [7, 11) is 0. The molecule has 60 heavy (non-hydrogen) atoms. The molecule has 0 unspecified atom stereocenters. The van der Waals surface area contributed by atoms with Crippen LogP contribution in [0.1, 0.15) is 304 Å². The van der Waals surface area contributed by atoms with E-state index in [0.717, 1.165) is 63.7 Å². The van der Waals surface area contributed by atoms with Crippen LogP contribution < -0.4 is 0 Å². The van der Waals surface area contributed by atoms with Crippen LogP contribution in [0.25, 0.3) is 0 Å². The summed E-state index contributed by atoms with van der Waals surface area (Å²) in [4.78, 5) is 38.0. The standard InChI is InChI=1S/C54H104O6/c1-5-7-9-11-13-15-17-19-21-23-25-27-29-34-38-42-46-53(56)59-49-51(60-54(57)47-43-39-35-31-30-32-36-40-44-50(3)4)48-58-52(55)45-41-37-33-28-26-24-22-20-18-16-14-12-10-8-6-2/h50-51H,5-49H2,1-4H3/t51-/m0/s1. The minimum Gasteiger partial charge on any atom is -0.462 e. The van der Waals surface area contributed by atoms with Crippen molar-refractivity contribution in [2.45, 2.75) is 310 Å². The molecule has 0 heterocycles. The Morgan fingerprint density at radius 1 is 0.317 bits per heavy atom. The Balaban J connectivity index is 4.27. The molecule has 0 amide bonds. The van der Waals surface area contributed by atoms with Crippen molar-refractivity contribution in [3.05, 3.63) is 0 Å². The fraction of sp³-hybridized carbons (Fsp3) is 0.944. The van der Waals surface area contributed by atoms with Crippen LogP contribution in [0.3, 0.4) is 0 Å². The lowest BCUT2D eigenvalue weighted by molar-refractivity contribution is -0.167. The normalized spacial score (nSPS) is 11.9. The van der Waals surface area contributed by atoms with E-state index in [2.05, 4.69) is 27.7 Å². The molecule has 0 spiro atoms. The first kappa shape index (κ1) is 58.4. The molecule has 0 aromatic rings. The van der Waals surface area contributed by atoms with Gasteiger partial charge >= 0.3 is 17.9 Å². The van der Waals surface area contributed by atoms with Gasteiger partial charge in [0, 0.05) is 19.3 Å². The zero-order chi connectivity index (χ0) is 43.8. The molecule has 0 aromatic carbocycles. The zero-order valence-corrected chi connectivity index (χ0v) is 40.9. The molecule has 0 aliphatic carbocycles. The molecule has 0 aliphatic rings. The Hall–Kier alpha value is -1.59. The number of carbonyl (C=O) groups excluding carboxylic acids is 3. The Morgan fingerprint density at radius 2 is 0.550 bits per heavy atom. The van der Waals surface area contributed by atoms with E-state index < -0.39 is 6.10 Å². The number of hydrogen-bond acceptors (Lipinski definition) is 6. The molecule has 0 aromatic heterocycles. The fourth-order valence-electron chi connectivity index (χ4n) is 8.22. The second-order valence-electron chi connectivity index (χ2n) is 19.0. The van der Waals surface area contributed by atoms with Crippen LogP contribution in [-0.4, -0.2) is 37.2 Å². The van der Waals surface area contributed by atoms with E-state index >= 15 is 0 Å². The Labute approximate surface area is 374 Å². The molecule has 1 atom stereocenters. The molecule has 0 saturated heterocycles. The number of unbranched alkanes of at least 4 members (excludes halogenated alkanes) is 36. The topological polar surface area (TPSA) is 78.9 Å². The first-order valence-corrected chi connectivity index (χ1v) is 26.9. The lowest BCUT2D eigenvalue weighted by atomic mass is 10.0. The number of hydrogen-bond donors (Lipinski definition) is 0. The highest BCUT2D eigenvalue weighted by Crippen LogP contribution is 2.17. The zero-order valence-electron chi connectivity index (χ0n) is 40.9. The second kappa shape index (κ2) is 48.4. The van der Waals surface area contributed by atoms with Crippen molar-refractivity contribution in [2.75, 3.05) is 13.2 Å². The van der Waals surface area contributed by atoms with Gasteiger partial charge in [0.2, 0.25) is 0 Å². The molecule has 6 heteroatoms. The molecule has 6 nitrogen and oxygen atoms in total. The van der Waals surface area contributed by atoms with Crippen molar-refractivity contribution in [2.24, 2.45) is 5.92 Å². The molecule has 0 bridgehead atoms. The first-order chi connectivity index (χ1) is 29.4. The van der Waals surface area contributed by atoms with E-state index in [9.17, 15) is 14.4 Å². The van der Waals surface area contributed by atoms with Crippen molar-refractivity contribution < 1.29 is 28.6 Å². The second-order valence-corrected chi connectivity index (χ2v) is 19.0. The minimum atomic E-state index is -0.761. The summed E-state index contributed by atoms with van der Waals surface area (Å²) in [6.07, 6.45) is 50.9. The Bertz CT molecular complexity index is 903. The van der Waals surface area contributed by atoms with Crippen LogP contribution in [0.4, 0.5) is 0 Å². The lowest BCUT2D eigenvalue weighted by Crippen LogP contribution is -2.30. The van der Waals surface area contributed by atoms with Crippen LogP contribution in [0.15, 0.2) is 0 Å². The fourth-order valence-corrected chi connectivity index (χ4v) is 8.22. The van der Waals surface area contributed by atoms with Crippen molar-refractivity contribution in [3.63, 3.8) is 0 Å². The Kier molecular flexibility index (Phi) is 47.2. The molecule has 0 aliphatic heterocycles. The minimum absolute atomic E-state index is 0.0630. The van der Waals surface area contributed by atoms with Crippen molar-refractivity contribution >= 4 is 17.9 Å². The van der Waals surface area contributed by atoms with Crippen LogP contribution in [0, 0.1) is 5.92 Å². The van der Waals surface area contributed by atoms with Gasteiger partial charge in [0.15, 0.2) is 6.10 Å². The van der Waals surface area contributed by atoms with Gasteiger partial charge in [-0.3, -0.25) is 14.4 Å². The van der Waals surface area contributed by atoms with Gasteiger partial charge in [-0.05, 0) is 25.2 Å². The van der Waals surface area contributed by atoms with E-state index in [1.165, 1.54) is 199 Å². The smallest absolute Gasteiger partial charge is 0.306 e. The van der Waals surface area contributed by atoms with Gasteiger partial charge in [0.05, 0.1) is 0 Å². The third-order valence-corrected chi connectivity index (χ3v) is 12.3. The molecule has 0 N–H and O–H groups in total. The summed E-state index contributed by atoms with van der Waals surface area (Å²) in [5, 5.41) is 0. The van der Waals surface area contributed by atoms with Crippen LogP contribution >= 0.6 is 0 Å². The number of rotatable bonds is 49. The molecule has 356 valence electrons. The molecule has 0 saturated carbocycles. The highest BCUT2D eigenvalue weighted by Gasteiger charge is 2.19. The Morgan fingerprint density at radius 3 is 0.817 bits per heavy atom. The van der Waals surface area contributed by atoms with Crippen LogP contribution in [0.5, 0.6) is 0 Å². The third-order valence-electron chi connectivity index (χ3n) is 12.3. The molecule has 0 fully saturated rings. The highest BCUT2D eigenvalue weighted by atomic mass is 16.6. The summed E-state index contributed by atoms with van der Waals surface area (Å²) in [5.74, 6) is -0.0501. The van der Waals surface area contributed by atoms with Gasteiger partial charge in [-0.2, -0.15) is 0 Å². The number of ether oxygens (including phenoxy) is 3. The quantitative estimate of drug-likeness (QED) is 0.0345. The third kappa shape index (κ3) is 47.5. The van der Waals surface area contributed by atoms with Gasteiger partial charge in [-0.25, -0.2) is 0 Å². The summed E-state index contributed by atoms with van der Waals surface area (Å²) < 4.78 is 16.8. The van der Waals surface area contributed by atoms with E-state index in [0.29, 0.717) is 19.3 Å². The van der Waals surface area contributed by atoms with Crippen LogP contribution in [-0.2, 0) is 28.6 Å². The summed E-state index contributed by atoms with van der Waals surface area (Å²) in [6, 6.07) is 0. The molecular formula is C54H104O6. The number of carbonyl (C=O) groups is 3. The van der Waals surface area contributed by atoms with Crippen LogP contribution in [0.2, 0.25) is 0 Å². The summed E-state index contributed by atoms with van der Waals surface area (Å²) >= 11 is 0. The first-order valence-electron chi connectivity index (χ1n) is 26.9. The van der Waals surface area contributed by atoms with E-state index in [1.807, 2.05) is 0 Å². The van der Waals surface area contributed by atoms with Gasteiger partial charge < -0.3 is 14.2 Å². The monoisotopic (exact) mass is 849 g/mol. The predicted octanol–water partition coefficient (Wildman–Crippen LogP) is 17.5. The SMILES string of the molecule is CCCCCCCCCCCCCCCCCCC(=O)OC[C@H](COC(=O)CCCCCCCCCCCCCCCCC)OC(=O)CCCCCCCCCCC(C)C. The van der Waals surface area contributed by atoms with Gasteiger partial charge in [0.25, 0.3) is 0 Å². The maximum absolute atomic E-state index is 12.8.